The second kappa shape index (κ2) is 6.50. The highest BCUT2D eigenvalue weighted by Crippen LogP contribution is 2.38. The van der Waals surface area contributed by atoms with Crippen LogP contribution in [0.15, 0.2) is 47.4 Å². The topological polar surface area (TPSA) is 57.9 Å². The van der Waals surface area contributed by atoms with Gasteiger partial charge in [-0.15, -0.1) is 0 Å². The Bertz CT molecular complexity index is 1100. The van der Waals surface area contributed by atoms with E-state index in [1.807, 2.05) is 31.2 Å². The minimum atomic E-state index is -4.00. The molecule has 0 bridgehead atoms. The van der Waals surface area contributed by atoms with Crippen LogP contribution in [0.4, 0.5) is 8.78 Å². The summed E-state index contributed by atoms with van der Waals surface area (Å²) in [6.07, 6.45) is 5.07. The Morgan fingerprint density at radius 2 is 1.58 bits per heavy atom. The maximum atomic E-state index is 14.3. The van der Waals surface area contributed by atoms with E-state index in [0.29, 0.717) is 17.6 Å². The summed E-state index contributed by atoms with van der Waals surface area (Å²) in [5, 5.41) is 9.21. The third-order valence-electron chi connectivity index (χ3n) is 4.28. The SMILES string of the molecule is Cc1ccc(C2=CCC=C2c2cc(F)c(S(C)(=O)=O)c(F)c2)cc1C#N. The molecule has 2 aromatic carbocycles. The molecule has 6 heteroatoms. The van der Waals surface area contributed by atoms with Gasteiger partial charge in [-0.2, -0.15) is 5.26 Å². The molecule has 0 aromatic heterocycles. The first-order chi connectivity index (χ1) is 12.2. The number of rotatable bonds is 3. The number of hydrogen-bond donors (Lipinski definition) is 0. The van der Waals surface area contributed by atoms with Gasteiger partial charge in [0.05, 0.1) is 11.6 Å². The second-order valence-corrected chi connectivity index (χ2v) is 8.11. The van der Waals surface area contributed by atoms with Gasteiger partial charge in [-0.3, -0.25) is 0 Å². The van der Waals surface area contributed by atoms with E-state index >= 15 is 0 Å². The molecule has 1 aliphatic rings. The summed E-state index contributed by atoms with van der Waals surface area (Å²) in [6, 6.07) is 9.58. The number of hydrogen-bond acceptors (Lipinski definition) is 3. The molecular formula is C20H15F2NO2S. The molecule has 3 nitrogen and oxygen atoms in total. The maximum Gasteiger partial charge on any atom is 0.181 e. The molecule has 26 heavy (non-hydrogen) atoms. The van der Waals surface area contributed by atoms with Crippen LogP contribution in [0.1, 0.15) is 28.7 Å². The molecule has 0 aliphatic heterocycles. The molecule has 0 saturated heterocycles. The van der Waals surface area contributed by atoms with E-state index in [0.717, 1.165) is 35.1 Å². The quantitative estimate of drug-likeness (QED) is 0.802. The van der Waals surface area contributed by atoms with E-state index in [1.165, 1.54) is 0 Å². The fourth-order valence-corrected chi connectivity index (χ4v) is 3.87. The summed E-state index contributed by atoms with van der Waals surface area (Å²) in [4.78, 5) is -0.924. The molecule has 0 radical (unpaired) electrons. The molecule has 2 aromatic rings. The van der Waals surface area contributed by atoms with E-state index < -0.39 is 26.4 Å². The van der Waals surface area contributed by atoms with Crippen LogP contribution in [0, 0.1) is 29.9 Å². The molecule has 0 unspecified atom stereocenters. The van der Waals surface area contributed by atoms with Crippen molar-refractivity contribution in [3.05, 3.63) is 76.4 Å². The molecule has 0 atom stereocenters. The van der Waals surface area contributed by atoms with Gasteiger partial charge in [-0.05, 0) is 59.4 Å². The van der Waals surface area contributed by atoms with Crippen LogP contribution in [0.5, 0.6) is 0 Å². The van der Waals surface area contributed by atoms with Gasteiger partial charge in [0.1, 0.15) is 16.5 Å². The first-order valence-corrected chi connectivity index (χ1v) is 9.73. The Balaban J connectivity index is 2.09. The monoisotopic (exact) mass is 371 g/mol. The van der Waals surface area contributed by atoms with Gasteiger partial charge >= 0.3 is 0 Å². The van der Waals surface area contributed by atoms with Crippen molar-refractivity contribution in [1.29, 1.82) is 5.26 Å². The number of aryl methyl sites for hydroxylation is 1. The molecule has 1 aliphatic carbocycles. The summed E-state index contributed by atoms with van der Waals surface area (Å²) in [6.45, 7) is 1.83. The number of nitriles is 1. The number of nitrogens with zero attached hydrogens (tertiary/aromatic N) is 1. The minimum absolute atomic E-state index is 0.259. The zero-order valence-corrected chi connectivity index (χ0v) is 15.0. The van der Waals surface area contributed by atoms with Crippen LogP contribution in [0.25, 0.3) is 11.1 Å². The van der Waals surface area contributed by atoms with Gasteiger partial charge in [0.25, 0.3) is 0 Å². The molecule has 0 heterocycles. The number of halogens is 2. The largest absolute Gasteiger partial charge is 0.224 e. The Labute approximate surface area is 150 Å². The first-order valence-electron chi connectivity index (χ1n) is 7.83. The lowest BCUT2D eigenvalue weighted by Crippen LogP contribution is -2.05. The average Bonchev–Trinajstić information content (AvgIpc) is 3.03. The lowest BCUT2D eigenvalue weighted by atomic mass is 9.93. The smallest absolute Gasteiger partial charge is 0.181 e. The maximum absolute atomic E-state index is 14.3. The van der Waals surface area contributed by atoms with E-state index in [4.69, 9.17) is 0 Å². The highest BCUT2D eigenvalue weighted by molar-refractivity contribution is 7.90. The van der Waals surface area contributed by atoms with E-state index in [1.54, 1.807) is 6.07 Å². The third kappa shape index (κ3) is 3.18. The van der Waals surface area contributed by atoms with Crippen LogP contribution in [-0.4, -0.2) is 14.7 Å². The molecule has 0 N–H and O–H groups in total. The van der Waals surface area contributed by atoms with E-state index in [-0.39, 0.29) is 5.56 Å². The zero-order valence-electron chi connectivity index (χ0n) is 14.2. The van der Waals surface area contributed by atoms with Crippen molar-refractivity contribution in [2.75, 3.05) is 6.26 Å². The number of benzene rings is 2. The van der Waals surface area contributed by atoms with Crippen molar-refractivity contribution in [3.8, 4) is 6.07 Å². The molecule has 3 rings (SSSR count). The second-order valence-electron chi connectivity index (χ2n) is 6.15. The molecule has 132 valence electrons. The fraction of sp³-hybridized carbons (Fsp3) is 0.150. The number of allylic oxidation sites excluding steroid dienone is 4. The Morgan fingerprint density at radius 1 is 1.00 bits per heavy atom. The van der Waals surface area contributed by atoms with Crippen molar-refractivity contribution < 1.29 is 17.2 Å². The van der Waals surface area contributed by atoms with E-state index in [2.05, 4.69) is 6.07 Å². The van der Waals surface area contributed by atoms with Crippen molar-refractivity contribution >= 4 is 21.0 Å². The van der Waals surface area contributed by atoms with Gasteiger partial charge in [0.2, 0.25) is 0 Å². The molecule has 0 fully saturated rings. The van der Waals surface area contributed by atoms with E-state index in [9.17, 15) is 22.5 Å². The minimum Gasteiger partial charge on any atom is -0.224 e. The van der Waals surface area contributed by atoms with Gasteiger partial charge in [-0.1, -0.05) is 24.3 Å². The standard InChI is InChI=1S/C20H15F2NO2S/c1-12-6-7-13(8-15(12)11-23)16-4-3-5-17(16)14-9-18(21)20(19(22)10-14)26(2,24)25/h4-10H,3H2,1-2H3. The normalized spacial score (nSPS) is 14.0. The first kappa shape index (κ1) is 18.0. The molecular weight excluding hydrogens is 356 g/mol. The fourth-order valence-electron chi connectivity index (χ4n) is 3.04. The molecule has 0 amide bonds. The van der Waals surface area contributed by atoms with Crippen LogP contribution >= 0.6 is 0 Å². The van der Waals surface area contributed by atoms with Crippen LogP contribution < -0.4 is 0 Å². The third-order valence-corrected chi connectivity index (χ3v) is 5.41. The van der Waals surface area contributed by atoms with Crippen LogP contribution in [0.3, 0.4) is 0 Å². The summed E-state index contributed by atoms with van der Waals surface area (Å²) >= 11 is 0. The van der Waals surface area contributed by atoms with Crippen molar-refractivity contribution in [2.24, 2.45) is 0 Å². The Morgan fingerprint density at radius 3 is 2.12 bits per heavy atom. The Kier molecular flexibility index (Phi) is 4.51. The lowest BCUT2D eigenvalue weighted by molar-refractivity contribution is 0.521. The van der Waals surface area contributed by atoms with Crippen LogP contribution in [-0.2, 0) is 9.84 Å². The van der Waals surface area contributed by atoms with Crippen molar-refractivity contribution in [1.82, 2.24) is 0 Å². The van der Waals surface area contributed by atoms with Crippen molar-refractivity contribution in [2.45, 2.75) is 18.2 Å². The predicted octanol–water partition coefficient (Wildman–Crippen LogP) is 4.42. The van der Waals surface area contributed by atoms with Gasteiger partial charge < -0.3 is 0 Å². The average molecular weight is 371 g/mol. The summed E-state index contributed by atoms with van der Waals surface area (Å²) in [5.74, 6) is -2.23. The predicted molar refractivity (Wildman–Crippen MR) is 95.9 cm³/mol. The highest BCUT2D eigenvalue weighted by atomic mass is 32.2. The Hall–Kier alpha value is -2.78. The highest BCUT2D eigenvalue weighted by Gasteiger charge is 2.23. The van der Waals surface area contributed by atoms with Crippen molar-refractivity contribution in [3.63, 3.8) is 0 Å². The molecule has 0 spiro atoms. The summed E-state index contributed by atoms with van der Waals surface area (Å²) < 4.78 is 51.6. The summed E-state index contributed by atoms with van der Waals surface area (Å²) in [5.41, 5.74) is 3.76. The zero-order chi connectivity index (χ0) is 19.1. The number of sulfone groups is 1. The van der Waals surface area contributed by atoms with Gasteiger partial charge in [0, 0.05) is 6.26 Å². The summed E-state index contributed by atoms with van der Waals surface area (Å²) in [7, 11) is -4.00. The van der Waals surface area contributed by atoms with Gasteiger partial charge in [-0.25, -0.2) is 17.2 Å². The van der Waals surface area contributed by atoms with Crippen LogP contribution in [0.2, 0.25) is 0 Å². The van der Waals surface area contributed by atoms with Gasteiger partial charge in [0.15, 0.2) is 9.84 Å². The molecule has 0 saturated carbocycles. The lowest BCUT2D eigenvalue weighted by Gasteiger charge is -2.13.